The molecule has 0 aromatic heterocycles. The molecule has 0 fully saturated rings. The first-order valence-corrected chi connectivity index (χ1v) is 11.3. The minimum absolute atomic E-state index is 0.111. The molecule has 0 radical (unpaired) electrons. The third kappa shape index (κ3) is 5.30. The number of amides is 1. The number of ether oxygens (including phenoxy) is 1. The Hall–Kier alpha value is -3.06. The second-order valence-corrected chi connectivity index (χ2v) is 9.19. The van der Waals surface area contributed by atoms with E-state index >= 15 is 0 Å². The number of rotatable bonds is 8. The van der Waals surface area contributed by atoms with Crippen LogP contribution in [0.4, 0.5) is 5.69 Å². The summed E-state index contributed by atoms with van der Waals surface area (Å²) < 4.78 is 33.9. The Balaban J connectivity index is 1.71. The highest BCUT2D eigenvalue weighted by Crippen LogP contribution is 2.26. The van der Waals surface area contributed by atoms with Gasteiger partial charge in [-0.2, -0.15) is 0 Å². The van der Waals surface area contributed by atoms with Crippen LogP contribution >= 0.6 is 0 Å². The molecule has 3 rings (SSSR count). The van der Waals surface area contributed by atoms with Gasteiger partial charge in [-0.05, 0) is 48.6 Å². The lowest BCUT2D eigenvalue weighted by Gasteiger charge is -2.16. The largest absolute Gasteiger partial charge is 0.481 e. The zero-order chi connectivity index (χ0) is 21.7. The molecule has 3 aromatic rings. The number of fused-ring (bicyclic) bond motifs is 1. The van der Waals surface area contributed by atoms with Crippen molar-refractivity contribution in [2.24, 2.45) is 5.92 Å². The molecule has 30 heavy (non-hydrogen) atoms. The summed E-state index contributed by atoms with van der Waals surface area (Å²) >= 11 is 0. The third-order valence-electron chi connectivity index (χ3n) is 4.53. The van der Waals surface area contributed by atoms with Crippen molar-refractivity contribution >= 4 is 32.4 Å². The van der Waals surface area contributed by atoms with E-state index in [1.807, 2.05) is 50.2 Å². The summed E-state index contributed by atoms with van der Waals surface area (Å²) in [5.74, 6) is 0.559. The van der Waals surface area contributed by atoms with Gasteiger partial charge in [0.25, 0.3) is 15.9 Å². The van der Waals surface area contributed by atoms with E-state index in [0.29, 0.717) is 23.9 Å². The van der Waals surface area contributed by atoms with E-state index in [-0.39, 0.29) is 10.8 Å². The molecule has 158 valence electrons. The van der Waals surface area contributed by atoms with Gasteiger partial charge in [0.2, 0.25) is 0 Å². The molecular weight excluding hydrogens is 400 g/mol. The van der Waals surface area contributed by atoms with Crippen LogP contribution in [-0.2, 0) is 14.8 Å². The molecule has 0 aliphatic rings. The first-order valence-electron chi connectivity index (χ1n) is 9.81. The van der Waals surface area contributed by atoms with E-state index in [4.69, 9.17) is 4.74 Å². The second kappa shape index (κ2) is 9.17. The highest BCUT2D eigenvalue weighted by molar-refractivity contribution is 7.92. The fourth-order valence-corrected chi connectivity index (χ4v) is 4.00. The van der Waals surface area contributed by atoms with Gasteiger partial charge in [-0.1, -0.05) is 50.2 Å². The van der Waals surface area contributed by atoms with Crippen LogP contribution in [0.2, 0.25) is 0 Å². The molecule has 2 N–H and O–H groups in total. The van der Waals surface area contributed by atoms with Crippen molar-refractivity contribution in [1.29, 1.82) is 0 Å². The van der Waals surface area contributed by atoms with Crippen molar-refractivity contribution in [1.82, 2.24) is 5.32 Å². The normalized spacial score (nSPS) is 12.5. The molecule has 0 heterocycles. The predicted molar refractivity (Wildman–Crippen MR) is 119 cm³/mol. The highest BCUT2D eigenvalue weighted by Gasteiger charge is 2.18. The van der Waals surface area contributed by atoms with E-state index in [9.17, 15) is 13.2 Å². The molecule has 0 bridgehead atoms. The smallest absolute Gasteiger partial charge is 0.261 e. The molecule has 0 saturated carbocycles. The van der Waals surface area contributed by atoms with E-state index in [0.717, 1.165) is 10.8 Å². The third-order valence-corrected chi connectivity index (χ3v) is 5.92. The highest BCUT2D eigenvalue weighted by atomic mass is 32.2. The van der Waals surface area contributed by atoms with Crippen LogP contribution in [0.15, 0.2) is 71.6 Å². The molecule has 0 unspecified atom stereocenters. The summed E-state index contributed by atoms with van der Waals surface area (Å²) in [5, 5.41) is 4.58. The maximum Gasteiger partial charge on any atom is 0.261 e. The minimum atomic E-state index is -3.77. The topological polar surface area (TPSA) is 84.5 Å². The van der Waals surface area contributed by atoms with E-state index in [1.54, 1.807) is 25.1 Å². The molecule has 6 nitrogen and oxygen atoms in total. The maximum absolute atomic E-state index is 12.8. The number of hydrogen-bond acceptors (Lipinski definition) is 4. The van der Waals surface area contributed by atoms with E-state index in [1.165, 1.54) is 12.1 Å². The summed E-state index contributed by atoms with van der Waals surface area (Å²) in [6, 6.07) is 19.0. The van der Waals surface area contributed by atoms with Gasteiger partial charge >= 0.3 is 0 Å². The Bertz CT molecular complexity index is 1120. The van der Waals surface area contributed by atoms with Crippen LogP contribution in [0.1, 0.15) is 20.8 Å². The quantitative estimate of drug-likeness (QED) is 0.566. The second-order valence-electron chi connectivity index (χ2n) is 7.50. The van der Waals surface area contributed by atoms with Gasteiger partial charge < -0.3 is 10.1 Å². The SMILES string of the molecule is CC(C)CNC(=O)[C@@H](C)Oc1ccc(S(=O)(=O)Nc2cccc3ccccc23)cc1. The maximum atomic E-state index is 12.8. The Morgan fingerprint density at radius 2 is 1.60 bits per heavy atom. The Kier molecular flexibility index (Phi) is 6.62. The molecule has 0 saturated heterocycles. The van der Waals surface area contributed by atoms with Gasteiger partial charge in [-0.25, -0.2) is 8.42 Å². The van der Waals surface area contributed by atoms with Gasteiger partial charge in [0.15, 0.2) is 6.10 Å². The predicted octanol–water partition coefficient (Wildman–Crippen LogP) is 4.18. The number of carbonyl (C=O) groups excluding carboxylic acids is 1. The number of hydrogen-bond donors (Lipinski definition) is 2. The van der Waals surface area contributed by atoms with Crippen molar-refractivity contribution < 1.29 is 17.9 Å². The summed E-state index contributed by atoms with van der Waals surface area (Å²) in [7, 11) is -3.77. The number of benzene rings is 3. The number of carbonyl (C=O) groups is 1. The van der Waals surface area contributed by atoms with Gasteiger partial charge in [0.1, 0.15) is 5.75 Å². The van der Waals surface area contributed by atoms with E-state index in [2.05, 4.69) is 10.0 Å². The number of nitrogens with one attached hydrogen (secondary N) is 2. The van der Waals surface area contributed by atoms with Crippen molar-refractivity contribution in [3.63, 3.8) is 0 Å². The fourth-order valence-electron chi connectivity index (χ4n) is 2.92. The lowest BCUT2D eigenvalue weighted by atomic mass is 10.1. The lowest BCUT2D eigenvalue weighted by molar-refractivity contribution is -0.127. The first kappa shape index (κ1) is 21.6. The van der Waals surface area contributed by atoms with Crippen molar-refractivity contribution in [2.75, 3.05) is 11.3 Å². The molecule has 0 spiro atoms. The van der Waals surface area contributed by atoms with Crippen LogP contribution in [0.25, 0.3) is 10.8 Å². The summed E-state index contributed by atoms with van der Waals surface area (Å²) in [5.41, 5.74) is 0.517. The van der Waals surface area contributed by atoms with Crippen molar-refractivity contribution in [3.8, 4) is 5.75 Å². The molecule has 0 aliphatic carbocycles. The summed E-state index contributed by atoms with van der Waals surface area (Å²) in [6.07, 6.45) is -0.681. The standard InChI is InChI=1S/C23H26N2O4S/c1-16(2)15-24-23(26)17(3)29-19-11-13-20(14-12-19)30(27,28)25-22-10-6-8-18-7-4-5-9-21(18)22/h4-14,16-17,25H,15H2,1-3H3,(H,24,26)/t17-/m1/s1. The van der Waals surface area contributed by atoms with Crippen LogP contribution < -0.4 is 14.8 Å². The van der Waals surface area contributed by atoms with Crippen LogP contribution in [0.5, 0.6) is 5.75 Å². The average molecular weight is 427 g/mol. The Morgan fingerprint density at radius 1 is 0.933 bits per heavy atom. The van der Waals surface area contributed by atoms with Crippen LogP contribution in [-0.4, -0.2) is 27.0 Å². The van der Waals surface area contributed by atoms with Crippen molar-refractivity contribution in [2.45, 2.75) is 31.8 Å². The first-order chi connectivity index (χ1) is 14.3. The van der Waals surface area contributed by atoms with Gasteiger partial charge in [0, 0.05) is 11.9 Å². The zero-order valence-electron chi connectivity index (χ0n) is 17.3. The molecule has 3 aromatic carbocycles. The Morgan fingerprint density at radius 3 is 2.30 bits per heavy atom. The van der Waals surface area contributed by atoms with Gasteiger partial charge in [-0.3, -0.25) is 9.52 Å². The summed E-state index contributed by atoms with van der Waals surface area (Å²) in [4.78, 5) is 12.2. The molecule has 1 amide bonds. The zero-order valence-corrected chi connectivity index (χ0v) is 18.1. The lowest BCUT2D eigenvalue weighted by Crippen LogP contribution is -2.38. The molecule has 1 atom stereocenters. The van der Waals surface area contributed by atoms with Crippen molar-refractivity contribution in [3.05, 3.63) is 66.7 Å². The Labute approximate surface area is 177 Å². The number of anilines is 1. The summed E-state index contributed by atoms with van der Waals surface area (Å²) in [6.45, 7) is 6.25. The molecular formula is C23H26N2O4S. The van der Waals surface area contributed by atoms with Gasteiger partial charge in [-0.15, -0.1) is 0 Å². The average Bonchev–Trinajstić information content (AvgIpc) is 2.72. The monoisotopic (exact) mass is 426 g/mol. The van der Waals surface area contributed by atoms with Crippen LogP contribution in [0.3, 0.4) is 0 Å². The molecule has 0 aliphatic heterocycles. The minimum Gasteiger partial charge on any atom is -0.481 e. The van der Waals surface area contributed by atoms with Crippen LogP contribution in [0, 0.1) is 5.92 Å². The van der Waals surface area contributed by atoms with Gasteiger partial charge in [0.05, 0.1) is 10.6 Å². The molecule has 7 heteroatoms. The van der Waals surface area contributed by atoms with E-state index < -0.39 is 16.1 Å². The fraction of sp³-hybridized carbons (Fsp3) is 0.261. The number of sulfonamides is 1.